The normalized spacial score (nSPS) is 16.2. The van der Waals surface area contributed by atoms with Crippen molar-refractivity contribution in [1.82, 2.24) is 5.32 Å². The van der Waals surface area contributed by atoms with Gasteiger partial charge in [-0.05, 0) is 5.56 Å². The lowest BCUT2D eigenvalue weighted by molar-refractivity contribution is -0.120. The molecular weight excluding hydrogens is 294 g/mol. The van der Waals surface area contributed by atoms with Crippen LogP contribution in [0.5, 0.6) is 0 Å². The lowest BCUT2D eigenvalue weighted by Gasteiger charge is -2.25. The third-order valence-corrected chi connectivity index (χ3v) is 2.94. The molecule has 1 aromatic rings. The van der Waals surface area contributed by atoms with Crippen LogP contribution in [0.1, 0.15) is 5.56 Å². The quantitative estimate of drug-likeness (QED) is 0.371. The molecule has 1 rings (SSSR count). The maximum Gasteiger partial charge on any atom is 0.408 e. The van der Waals surface area contributed by atoms with Gasteiger partial charge in [-0.1, -0.05) is 30.3 Å². The van der Waals surface area contributed by atoms with Gasteiger partial charge in [-0.2, -0.15) is 0 Å². The number of carbonyl (C=O) groups excluding carboxylic acids is 2. The van der Waals surface area contributed by atoms with Crippen LogP contribution in [0.15, 0.2) is 30.3 Å². The molecule has 22 heavy (non-hydrogen) atoms. The number of hydrogen-bond acceptors (Lipinski definition) is 7. The summed E-state index contributed by atoms with van der Waals surface area (Å²) in [4.78, 5) is 22.4. The molecular formula is C14H19NO7. The minimum atomic E-state index is -1.80. The Kier molecular flexibility index (Phi) is 7.47. The Morgan fingerprint density at radius 2 is 1.82 bits per heavy atom. The number of alkyl carbamates (subject to hydrolysis) is 1. The molecule has 4 atom stereocenters. The van der Waals surface area contributed by atoms with Gasteiger partial charge < -0.3 is 35.3 Å². The lowest BCUT2D eigenvalue weighted by atomic mass is 10.0. The highest BCUT2D eigenvalue weighted by molar-refractivity contribution is 5.73. The van der Waals surface area contributed by atoms with Crippen molar-refractivity contribution in [3.05, 3.63) is 35.9 Å². The number of amides is 1. The van der Waals surface area contributed by atoms with Crippen LogP contribution in [-0.2, 0) is 16.1 Å². The molecule has 8 heteroatoms. The van der Waals surface area contributed by atoms with Crippen LogP contribution in [0.2, 0.25) is 0 Å². The average molecular weight is 313 g/mol. The number of nitrogens with one attached hydrogen (secondary N) is 1. The number of carbonyl (C=O) groups is 2. The van der Waals surface area contributed by atoms with Gasteiger partial charge in [0.1, 0.15) is 37.2 Å². The van der Waals surface area contributed by atoms with Crippen molar-refractivity contribution >= 4 is 12.4 Å². The molecule has 0 saturated carbocycles. The summed E-state index contributed by atoms with van der Waals surface area (Å²) in [6.07, 6.45) is -5.99. The summed E-state index contributed by atoms with van der Waals surface area (Å²) in [6.45, 7) is -0.835. The zero-order valence-electron chi connectivity index (χ0n) is 11.7. The second kappa shape index (κ2) is 9.11. The average Bonchev–Trinajstić information content (AvgIpc) is 2.56. The molecule has 0 fully saturated rings. The molecule has 1 amide bonds. The fourth-order valence-corrected chi connectivity index (χ4v) is 1.65. The maximum atomic E-state index is 11.6. The molecule has 0 aliphatic carbocycles. The fourth-order valence-electron chi connectivity index (χ4n) is 1.65. The van der Waals surface area contributed by atoms with Gasteiger partial charge in [-0.15, -0.1) is 0 Å². The van der Waals surface area contributed by atoms with Gasteiger partial charge in [0.2, 0.25) is 0 Å². The molecule has 0 radical (unpaired) electrons. The number of aliphatic hydroxyl groups excluding tert-OH is 4. The second-order valence-corrected chi connectivity index (χ2v) is 4.60. The number of benzene rings is 1. The molecule has 4 unspecified atom stereocenters. The number of rotatable bonds is 8. The van der Waals surface area contributed by atoms with Crippen LogP contribution >= 0.6 is 0 Å². The molecule has 0 heterocycles. The minimum absolute atomic E-state index is 0.0316. The van der Waals surface area contributed by atoms with Gasteiger partial charge in [-0.3, -0.25) is 0 Å². The Morgan fingerprint density at radius 1 is 1.18 bits per heavy atom. The van der Waals surface area contributed by atoms with Crippen LogP contribution in [0.3, 0.4) is 0 Å². The Labute approximate surface area is 127 Å². The summed E-state index contributed by atoms with van der Waals surface area (Å²) in [6, 6.07) is 7.32. The van der Waals surface area contributed by atoms with Gasteiger partial charge >= 0.3 is 6.09 Å². The third-order valence-electron chi connectivity index (χ3n) is 2.94. The van der Waals surface area contributed by atoms with Crippen LogP contribution in [-0.4, -0.2) is 63.8 Å². The van der Waals surface area contributed by atoms with E-state index in [-0.39, 0.29) is 12.9 Å². The van der Waals surface area contributed by atoms with Crippen molar-refractivity contribution < 1.29 is 34.8 Å². The second-order valence-electron chi connectivity index (χ2n) is 4.60. The van der Waals surface area contributed by atoms with E-state index in [2.05, 4.69) is 5.32 Å². The van der Waals surface area contributed by atoms with E-state index in [1.165, 1.54) is 0 Å². The molecule has 0 aliphatic rings. The van der Waals surface area contributed by atoms with Crippen LogP contribution in [0.4, 0.5) is 4.79 Å². The van der Waals surface area contributed by atoms with E-state index in [1.54, 1.807) is 30.3 Å². The Morgan fingerprint density at radius 3 is 2.36 bits per heavy atom. The predicted octanol–water partition coefficient (Wildman–Crippen LogP) is -1.44. The lowest BCUT2D eigenvalue weighted by Crippen LogP contribution is -2.53. The van der Waals surface area contributed by atoms with E-state index in [1.807, 2.05) is 0 Å². The van der Waals surface area contributed by atoms with E-state index in [0.717, 1.165) is 5.56 Å². The fraction of sp³-hybridized carbons (Fsp3) is 0.429. The predicted molar refractivity (Wildman–Crippen MR) is 74.7 cm³/mol. The first-order valence-corrected chi connectivity index (χ1v) is 6.57. The monoisotopic (exact) mass is 313 g/mol. The molecule has 8 nitrogen and oxygen atoms in total. The van der Waals surface area contributed by atoms with Crippen molar-refractivity contribution in [2.45, 2.75) is 31.0 Å². The van der Waals surface area contributed by atoms with Gasteiger partial charge in [0, 0.05) is 0 Å². The summed E-state index contributed by atoms with van der Waals surface area (Å²) in [5.74, 6) is 0. The van der Waals surface area contributed by atoms with Gasteiger partial charge in [0.15, 0.2) is 0 Å². The number of aldehydes is 1. The Hall–Kier alpha value is -2.00. The number of aliphatic hydroxyl groups is 4. The molecule has 122 valence electrons. The summed E-state index contributed by atoms with van der Waals surface area (Å²) in [5.41, 5.74) is 0.733. The zero-order valence-corrected chi connectivity index (χ0v) is 11.7. The first-order valence-electron chi connectivity index (χ1n) is 6.57. The topological polar surface area (TPSA) is 136 Å². The third kappa shape index (κ3) is 5.41. The van der Waals surface area contributed by atoms with Gasteiger partial charge in [-0.25, -0.2) is 4.79 Å². The molecule has 0 aliphatic heterocycles. The zero-order chi connectivity index (χ0) is 16.5. The van der Waals surface area contributed by atoms with E-state index in [9.17, 15) is 24.9 Å². The van der Waals surface area contributed by atoms with E-state index in [0.29, 0.717) is 0 Å². The molecule has 0 spiro atoms. The molecule has 1 aromatic carbocycles. The van der Waals surface area contributed by atoms with Crippen molar-refractivity contribution in [2.24, 2.45) is 0 Å². The molecule has 0 aromatic heterocycles. The molecule has 0 saturated heterocycles. The van der Waals surface area contributed by atoms with Gasteiger partial charge in [0.25, 0.3) is 0 Å². The number of ether oxygens (including phenoxy) is 1. The Balaban J connectivity index is 2.51. The minimum Gasteiger partial charge on any atom is -0.445 e. The highest BCUT2D eigenvalue weighted by Crippen LogP contribution is 2.05. The SMILES string of the molecule is O=CC(NC(=O)OCc1ccccc1)C(O)C(O)C(O)CO. The summed E-state index contributed by atoms with van der Waals surface area (Å²) in [5, 5.41) is 39.1. The first-order chi connectivity index (χ1) is 10.5. The van der Waals surface area contributed by atoms with E-state index in [4.69, 9.17) is 9.84 Å². The maximum absolute atomic E-state index is 11.6. The van der Waals surface area contributed by atoms with E-state index < -0.39 is 37.1 Å². The largest absolute Gasteiger partial charge is 0.445 e. The molecule has 0 bridgehead atoms. The summed E-state index contributed by atoms with van der Waals surface area (Å²) >= 11 is 0. The standard InChI is InChI=1S/C14H19NO7/c16-6-10(12(19)13(20)11(18)7-17)15-14(21)22-8-9-4-2-1-3-5-9/h1-6,10-13,17-20H,7-8H2,(H,15,21). The van der Waals surface area contributed by atoms with Crippen molar-refractivity contribution in [1.29, 1.82) is 0 Å². The van der Waals surface area contributed by atoms with Crippen molar-refractivity contribution in [3.8, 4) is 0 Å². The smallest absolute Gasteiger partial charge is 0.408 e. The van der Waals surface area contributed by atoms with Crippen LogP contribution in [0, 0.1) is 0 Å². The molecule has 5 N–H and O–H groups in total. The van der Waals surface area contributed by atoms with E-state index >= 15 is 0 Å². The summed E-state index contributed by atoms with van der Waals surface area (Å²) < 4.78 is 4.86. The van der Waals surface area contributed by atoms with Crippen molar-refractivity contribution in [2.75, 3.05) is 6.61 Å². The van der Waals surface area contributed by atoms with Crippen LogP contribution in [0.25, 0.3) is 0 Å². The Bertz CT molecular complexity index is 468. The summed E-state index contributed by atoms with van der Waals surface area (Å²) in [7, 11) is 0. The highest BCUT2D eigenvalue weighted by Gasteiger charge is 2.32. The highest BCUT2D eigenvalue weighted by atomic mass is 16.5. The number of hydrogen-bond donors (Lipinski definition) is 5. The van der Waals surface area contributed by atoms with Gasteiger partial charge in [0.05, 0.1) is 6.61 Å². The first kappa shape index (κ1) is 18.1. The van der Waals surface area contributed by atoms with Crippen molar-refractivity contribution in [3.63, 3.8) is 0 Å². The van der Waals surface area contributed by atoms with Crippen LogP contribution < -0.4 is 5.32 Å².